The number of rotatable bonds is 5. The van der Waals surface area contributed by atoms with Gasteiger partial charge in [-0.3, -0.25) is 4.79 Å². The van der Waals surface area contributed by atoms with Crippen molar-refractivity contribution in [1.82, 2.24) is 0 Å². The normalized spacial score (nSPS) is 9.86. The van der Waals surface area contributed by atoms with E-state index >= 15 is 0 Å². The first-order valence-corrected chi connectivity index (χ1v) is 4.97. The van der Waals surface area contributed by atoms with Crippen LogP contribution in [-0.2, 0) is 29.0 Å². The first kappa shape index (κ1) is 10.8. The minimum absolute atomic E-state index is 0.375. The number of benzene rings is 1. The molecule has 0 bridgehead atoms. The minimum Gasteiger partial charge on any atom is -0.463 e. The predicted octanol–water partition coefficient (Wildman–Crippen LogP) is 2.48. The summed E-state index contributed by atoms with van der Waals surface area (Å²) >= 11 is 0. The van der Waals surface area contributed by atoms with Crippen LogP contribution in [0, 0.1) is 0 Å². The molecule has 2 nitrogen and oxygen atoms in total. The highest BCUT2D eigenvalue weighted by atomic mass is 16.5. The molecule has 1 aromatic rings. The van der Waals surface area contributed by atoms with Gasteiger partial charge in [-0.2, -0.15) is 0 Å². The Bertz CT molecular complexity index is 305. The van der Waals surface area contributed by atoms with Crippen molar-refractivity contribution in [2.75, 3.05) is 0 Å². The summed E-state index contributed by atoms with van der Waals surface area (Å²) in [7, 11) is 0. The Kier molecular flexibility index (Phi) is 4.17. The van der Waals surface area contributed by atoms with Gasteiger partial charge in [0.25, 0.3) is 6.47 Å². The van der Waals surface area contributed by atoms with Gasteiger partial charge in [0.15, 0.2) is 0 Å². The first-order valence-electron chi connectivity index (χ1n) is 4.97. The van der Waals surface area contributed by atoms with Crippen LogP contribution in [0.15, 0.2) is 18.2 Å². The van der Waals surface area contributed by atoms with Gasteiger partial charge in [0, 0.05) is 0 Å². The third-order valence-electron chi connectivity index (χ3n) is 2.35. The van der Waals surface area contributed by atoms with Gasteiger partial charge in [0.1, 0.15) is 6.61 Å². The molecule has 1 aromatic carbocycles. The van der Waals surface area contributed by atoms with E-state index in [0.29, 0.717) is 13.1 Å². The summed E-state index contributed by atoms with van der Waals surface area (Å²) in [6.45, 7) is 5.15. The van der Waals surface area contributed by atoms with Crippen LogP contribution in [0.3, 0.4) is 0 Å². The average molecular weight is 192 g/mol. The monoisotopic (exact) mass is 192 g/mol. The predicted molar refractivity (Wildman–Crippen MR) is 56.1 cm³/mol. The molecule has 0 saturated heterocycles. The lowest BCUT2D eigenvalue weighted by molar-refractivity contribution is -0.129. The molecule has 0 aliphatic heterocycles. The average Bonchev–Trinajstić information content (AvgIpc) is 2.25. The van der Waals surface area contributed by atoms with Crippen molar-refractivity contribution in [3.63, 3.8) is 0 Å². The molecule has 0 radical (unpaired) electrons. The minimum atomic E-state index is 0.375. The maximum atomic E-state index is 10.0. The van der Waals surface area contributed by atoms with Crippen LogP contribution in [0.2, 0.25) is 0 Å². The van der Waals surface area contributed by atoms with Gasteiger partial charge in [-0.25, -0.2) is 0 Å². The highest BCUT2D eigenvalue weighted by Gasteiger charge is 2.00. The van der Waals surface area contributed by atoms with Crippen molar-refractivity contribution in [2.24, 2.45) is 0 Å². The van der Waals surface area contributed by atoms with Crippen LogP contribution in [0.1, 0.15) is 30.5 Å². The molecule has 76 valence electrons. The van der Waals surface area contributed by atoms with Crippen molar-refractivity contribution < 1.29 is 9.53 Å². The zero-order valence-corrected chi connectivity index (χ0v) is 8.75. The lowest BCUT2D eigenvalue weighted by Crippen LogP contribution is -1.95. The maximum absolute atomic E-state index is 10.0. The Morgan fingerprint density at radius 2 is 1.93 bits per heavy atom. The van der Waals surface area contributed by atoms with E-state index < -0.39 is 0 Å². The molecule has 0 N–H and O–H groups in total. The number of hydrogen-bond donors (Lipinski definition) is 0. The summed E-state index contributed by atoms with van der Waals surface area (Å²) in [5.74, 6) is 0. The van der Waals surface area contributed by atoms with Gasteiger partial charge < -0.3 is 4.74 Å². The van der Waals surface area contributed by atoms with Crippen molar-refractivity contribution in [3.05, 3.63) is 34.9 Å². The van der Waals surface area contributed by atoms with Crippen LogP contribution in [0.5, 0.6) is 0 Å². The van der Waals surface area contributed by atoms with Crippen LogP contribution in [-0.4, -0.2) is 6.47 Å². The number of hydrogen-bond acceptors (Lipinski definition) is 2. The maximum Gasteiger partial charge on any atom is 0.293 e. The molecular formula is C12H16O2. The number of carbonyl (C=O) groups excluding carboxylic acids is 1. The molecule has 1 rings (SSSR count). The van der Waals surface area contributed by atoms with E-state index in [-0.39, 0.29) is 0 Å². The molecule has 0 saturated carbocycles. The lowest BCUT2D eigenvalue weighted by Gasteiger charge is -2.07. The lowest BCUT2D eigenvalue weighted by atomic mass is 10.0. The van der Waals surface area contributed by atoms with E-state index in [1.54, 1.807) is 0 Å². The summed E-state index contributed by atoms with van der Waals surface area (Å²) in [5, 5.41) is 0. The van der Waals surface area contributed by atoms with E-state index in [1.807, 2.05) is 6.07 Å². The molecule has 0 aliphatic rings. The molecule has 0 unspecified atom stereocenters. The van der Waals surface area contributed by atoms with E-state index in [2.05, 4.69) is 26.0 Å². The zero-order chi connectivity index (χ0) is 10.4. The largest absolute Gasteiger partial charge is 0.463 e. The Balaban J connectivity index is 2.83. The third kappa shape index (κ3) is 2.59. The quantitative estimate of drug-likeness (QED) is 0.670. The molecule has 0 amide bonds. The first-order chi connectivity index (χ1) is 6.81. The second-order valence-electron chi connectivity index (χ2n) is 3.22. The molecule has 0 fully saturated rings. The fourth-order valence-electron chi connectivity index (χ4n) is 1.57. The fraction of sp³-hybridized carbons (Fsp3) is 0.417. The van der Waals surface area contributed by atoms with Gasteiger partial charge >= 0.3 is 0 Å². The summed E-state index contributed by atoms with van der Waals surface area (Å²) in [5.41, 5.74) is 3.79. The number of ether oxygens (including phenoxy) is 1. The molecule has 0 atom stereocenters. The molecule has 0 heterocycles. The number of aryl methyl sites for hydroxylation is 2. The Hall–Kier alpha value is -1.31. The van der Waals surface area contributed by atoms with Gasteiger partial charge in [-0.1, -0.05) is 32.0 Å². The third-order valence-corrected chi connectivity index (χ3v) is 2.35. The number of carbonyl (C=O) groups is 1. The molecule has 0 aromatic heterocycles. The highest BCUT2D eigenvalue weighted by Crippen LogP contribution is 2.14. The fourth-order valence-corrected chi connectivity index (χ4v) is 1.57. The topological polar surface area (TPSA) is 26.3 Å². The SMILES string of the molecule is CCc1ccc(COC=O)cc1CC. The second-order valence-corrected chi connectivity index (χ2v) is 3.22. The Labute approximate surface area is 84.9 Å². The summed E-state index contributed by atoms with van der Waals surface area (Å²) < 4.78 is 4.71. The zero-order valence-electron chi connectivity index (χ0n) is 8.75. The van der Waals surface area contributed by atoms with Crippen LogP contribution in [0.25, 0.3) is 0 Å². The van der Waals surface area contributed by atoms with Crippen molar-refractivity contribution >= 4 is 6.47 Å². The summed E-state index contributed by atoms with van der Waals surface area (Å²) in [6, 6.07) is 6.24. The highest BCUT2D eigenvalue weighted by molar-refractivity contribution is 5.38. The smallest absolute Gasteiger partial charge is 0.293 e. The van der Waals surface area contributed by atoms with Gasteiger partial charge in [-0.15, -0.1) is 0 Å². The molecule has 14 heavy (non-hydrogen) atoms. The van der Waals surface area contributed by atoms with Crippen LogP contribution >= 0.6 is 0 Å². The molecule has 0 aliphatic carbocycles. The second kappa shape index (κ2) is 5.43. The standard InChI is InChI=1S/C12H16O2/c1-3-11-6-5-10(8-14-9-13)7-12(11)4-2/h5-7,9H,3-4,8H2,1-2H3. The van der Waals surface area contributed by atoms with Gasteiger partial charge in [0.05, 0.1) is 0 Å². The van der Waals surface area contributed by atoms with Crippen molar-refractivity contribution in [3.8, 4) is 0 Å². The summed E-state index contributed by atoms with van der Waals surface area (Å²) in [6.07, 6.45) is 2.08. The Morgan fingerprint density at radius 3 is 2.50 bits per heavy atom. The summed E-state index contributed by atoms with van der Waals surface area (Å²) in [4.78, 5) is 10.0. The van der Waals surface area contributed by atoms with Crippen molar-refractivity contribution in [1.29, 1.82) is 0 Å². The van der Waals surface area contributed by atoms with Crippen LogP contribution < -0.4 is 0 Å². The van der Waals surface area contributed by atoms with Gasteiger partial charge in [-0.05, 0) is 29.5 Å². The molecule has 0 spiro atoms. The molecule has 2 heteroatoms. The van der Waals surface area contributed by atoms with Crippen molar-refractivity contribution in [2.45, 2.75) is 33.3 Å². The van der Waals surface area contributed by atoms with Crippen LogP contribution in [0.4, 0.5) is 0 Å². The van der Waals surface area contributed by atoms with E-state index in [9.17, 15) is 4.79 Å². The Morgan fingerprint density at radius 1 is 1.21 bits per heavy atom. The van der Waals surface area contributed by atoms with E-state index in [4.69, 9.17) is 4.74 Å². The van der Waals surface area contributed by atoms with E-state index in [0.717, 1.165) is 18.4 Å². The van der Waals surface area contributed by atoms with Gasteiger partial charge in [0.2, 0.25) is 0 Å². The molecular weight excluding hydrogens is 176 g/mol. The van der Waals surface area contributed by atoms with E-state index in [1.165, 1.54) is 11.1 Å².